The molecule has 7 nitrogen and oxygen atoms in total. The molecule has 0 aliphatic carbocycles. The minimum atomic E-state index is -0.908. The normalized spacial score (nSPS) is 10.4. The number of hydrogen-bond donors (Lipinski definition) is 2. The van der Waals surface area contributed by atoms with E-state index in [9.17, 15) is 14.4 Å². The average Bonchev–Trinajstić information content (AvgIpc) is 2.69. The maximum atomic E-state index is 11.7. The molecular formula is C14H15N3O4. The van der Waals surface area contributed by atoms with E-state index in [0.717, 1.165) is 5.39 Å². The molecule has 0 saturated heterocycles. The molecule has 7 heteroatoms. The molecule has 0 bridgehead atoms. The lowest BCUT2D eigenvalue weighted by Gasteiger charge is -2.03. The predicted molar refractivity (Wildman–Crippen MR) is 76.8 cm³/mol. The standard InChI is InChI=1S/C14H15N3O4/c1-8-10(6-13(19)16-14(15)20)11-5-9(21-2)3-4-12(11)17(8)7-18/h3-5,7H,6H2,1-2H3,(H3,15,16,19,20). The summed E-state index contributed by atoms with van der Waals surface area (Å²) in [5.41, 5.74) is 6.87. The van der Waals surface area contributed by atoms with Crippen molar-refractivity contribution in [1.82, 2.24) is 9.88 Å². The van der Waals surface area contributed by atoms with Crippen LogP contribution >= 0.6 is 0 Å². The molecule has 1 aromatic heterocycles. The molecule has 2 aromatic rings. The van der Waals surface area contributed by atoms with Crippen LogP contribution in [0.15, 0.2) is 18.2 Å². The van der Waals surface area contributed by atoms with Crippen molar-refractivity contribution in [2.75, 3.05) is 7.11 Å². The Morgan fingerprint density at radius 2 is 2.14 bits per heavy atom. The van der Waals surface area contributed by atoms with Gasteiger partial charge in [0.1, 0.15) is 5.75 Å². The lowest BCUT2D eigenvalue weighted by molar-refractivity contribution is -0.119. The monoisotopic (exact) mass is 289 g/mol. The van der Waals surface area contributed by atoms with Gasteiger partial charge in [0.25, 0.3) is 0 Å². The summed E-state index contributed by atoms with van der Waals surface area (Å²) in [5, 5.41) is 2.73. The van der Waals surface area contributed by atoms with E-state index in [4.69, 9.17) is 10.5 Å². The quantitative estimate of drug-likeness (QED) is 0.810. The van der Waals surface area contributed by atoms with Crippen LogP contribution in [-0.2, 0) is 16.0 Å². The van der Waals surface area contributed by atoms with Gasteiger partial charge in [0.05, 0.1) is 19.0 Å². The van der Waals surface area contributed by atoms with Crippen LogP contribution in [0.3, 0.4) is 0 Å². The van der Waals surface area contributed by atoms with Gasteiger partial charge in [0, 0.05) is 11.1 Å². The van der Waals surface area contributed by atoms with Crippen molar-refractivity contribution < 1.29 is 19.1 Å². The lowest BCUT2D eigenvalue weighted by atomic mass is 10.1. The molecule has 1 heterocycles. The summed E-state index contributed by atoms with van der Waals surface area (Å²) in [6.07, 6.45) is 0.624. The third-order valence-corrected chi connectivity index (χ3v) is 3.29. The van der Waals surface area contributed by atoms with Crippen molar-refractivity contribution in [3.05, 3.63) is 29.5 Å². The van der Waals surface area contributed by atoms with Gasteiger partial charge in [-0.2, -0.15) is 0 Å². The number of amides is 3. The maximum absolute atomic E-state index is 11.7. The number of carbonyl (C=O) groups is 3. The fourth-order valence-corrected chi connectivity index (χ4v) is 2.32. The molecular weight excluding hydrogens is 274 g/mol. The molecule has 0 aliphatic heterocycles. The molecule has 0 radical (unpaired) electrons. The number of carbonyl (C=O) groups excluding carboxylic acids is 3. The van der Waals surface area contributed by atoms with Gasteiger partial charge in [-0.1, -0.05) is 0 Å². The van der Waals surface area contributed by atoms with Crippen molar-refractivity contribution >= 4 is 29.3 Å². The number of nitrogens with one attached hydrogen (secondary N) is 1. The number of ether oxygens (including phenoxy) is 1. The minimum Gasteiger partial charge on any atom is -0.497 e. The number of aromatic nitrogens is 1. The molecule has 21 heavy (non-hydrogen) atoms. The molecule has 0 unspecified atom stereocenters. The Balaban J connectivity index is 2.55. The third kappa shape index (κ3) is 2.71. The summed E-state index contributed by atoms with van der Waals surface area (Å²) in [6, 6.07) is 4.31. The first kappa shape index (κ1) is 14.6. The number of imide groups is 1. The van der Waals surface area contributed by atoms with Crippen LogP contribution in [0, 0.1) is 6.92 Å². The van der Waals surface area contributed by atoms with Crippen LogP contribution in [0.25, 0.3) is 10.9 Å². The zero-order valence-electron chi connectivity index (χ0n) is 11.7. The number of urea groups is 1. The first-order valence-electron chi connectivity index (χ1n) is 6.20. The Morgan fingerprint density at radius 3 is 2.71 bits per heavy atom. The Labute approximate surface area is 120 Å². The number of fused-ring (bicyclic) bond motifs is 1. The molecule has 3 amide bonds. The van der Waals surface area contributed by atoms with Gasteiger partial charge in [0.15, 0.2) is 0 Å². The molecule has 1 aromatic carbocycles. The molecule has 0 fully saturated rings. The van der Waals surface area contributed by atoms with E-state index in [1.807, 2.05) is 5.32 Å². The van der Waals surface area contributed by atoms with Gasteiger partial charge in [-0.05, 0) is 30.7 Å². The number of methoxy groups -OCH3 is 1. The van der Waals surface area contributed by atoms with E-state index in [1.54, 1.807) is 25.1 Å². The number of nitrogens with zero attached hydrogens (tertiary/aromatic N) is 1. The number of primary amides is 1. The highest BCUT2D eigenvalue weighted by atomic mass is 16.5. The minimum absolute atomic E-state index is 0.0563. The molecule has 2 rings (SSSR count). The lowest BCUT2D eigenvalue weighted by Crippen LogP contribution is -2.36. The fraction of sp³-hybridized carbons (Fsp3) is 0.214. The van der Waals surface area contributed by atoms with E-state index in [2.05, 4.69) is 0 Å². The molecule has 0 saturated carbocycles. The van der Waals surface area contributed by atoms with Crippen LogP contribution < -0.4 is 15.8 Å². The highest BCUT2D eigenvalue weighted by Gasteiger charge is 2.17. The van der Waals surface area contributed by atoms with Crippen molar-refractivity contribution in [1.29, 1.82) is 0 Å². The van der Waals surface area contributed by atoms with Crippen molar-refractivity contribution in [3.63, 3.8) is 0 Å². The van der Waals surface area contributed by atoms with Crippen LogP contribution in [0.1, 0.15) is 11.3 Å². The second-order valence-electron chi connectivity index (χ2n) is 4.51. The van der Waals surface area contributed by atoms with Gasteiger partial charge in [0.2, 0.25) is 12.3 Å². The van der Waals surface area contributed by atoms with E-state index in [1.165, 1.54) is 11.7 Å². The Morgan fingerprint density at radius 1 is 1.43 bits per heavy atom. The summed E-state index contributed by atoms with van der Waals surface area (Å²) in [6.45, 7) is 1.73. The topological polar surface area (TPSA) is 103 Å². The van der Waals surface area contributed by atoms with E-state index in [0.29, 0.717) is 28.9 Å². The van der Waals surface area contributed by atoms with Gasteiger partial charge >= 0.3 is 6.03 Å². The van der Waals surface area contributed by atoms with E-state index >= 15 is 0 Å². The Kier molecular flexibility index (Phi) is 3.93. The molecule has 0 spiro atoms. The Bertz CT molecular complexity index is 733. The second-order valence-corrected chi connectivity index (χ2v) is 4.51. The summed E-state index contributed by atoms with van der Waals surface area (Å²) >= 11 is 0. The van der Waals surface area contributed by atoms with Gasteiger partial charge in [-0.3, -0.25) is 19.5 Å². The SMILES string of the molecule is COc1ccc2c(c1)c(CC(=O)NC(N)=O)c(C)n2C=O. The highest BCUT2D eigenvalue weighted by molar-refractivity contribution is 5.98. The summed E-state index contributed by atoms with van der Waals surface area (Å²) in [5.74, 6) is 0.0838. The first-order valence-corrected chi connectivity index (χ1v) is 6.20. The molecule has 0 aliphatic rings. The second kappa shape index (κ2) is 5.66. The predicted octanol–water partition coefficient (Wildman–Crippen LogP) is 0.734. The Hall–Kier alpha value is -2.83. The van der Waals surface area contributed by atoms with Gasteiger partial charge in [-0.25, -0.2) is 4.79 Å². The van der Waals surface area contributed by atoms with E-state index < -0.39 is 11.9 Å². The first-order chi connectivity index (χ1) is 9.97. The van der Waals surface area contributed by atoms with Gasteiger partial charge in [-0.15, -0.1) is 0 Å². The zero-order valence-corrected chi connectivity index (χ0v) is 11.7. The molecule has 110 valence electrons. The number of rotatable bonds is 4. The smallest absolute Gasteiger partial charge is 0.318 e. The number of hydrogen-bond acceptors (Lipinski definition) is 4. The third-order valence-electron chi connectivity index (χ3n) is 3.29. The number of nitrogens with two attached hydrogens (primary N) is 1. The molecule has 3 N–H and O–H groups in total. The summed E-state index contributed by atoms with van der Waals surface area (Å²) in [7, 11) is 1.53. The summed E-state index contributed by atoms with van der Waals surface area (Å²) in [4.78, 5) is 33.7. The molecule has 0 atom stereocenters. The van der Waals surface area contributed by atoms with Crippen LogP contribution in [0.5, 0.6) is 5.75 Å². The largest absolute Gasteiger partial charge is 0.497 e. The van der Waals surface area contributed by atoms with Crippen molar-refractivity contribution in [2.24, 2.45) is 5.73 Å². The fourth-order valence-electron chi connectivity index (χ4n) is 2.32. The van der Waals surface area contributed by atoms with E-state index in [-0.39, 0.29) is 6.42 Å². The van der Waals surface area contributed by atoms with Gasteiger partial charge < -0.3 is 10.5 Å². The van der Waals surface area contributed by atoms with Crippen LogP contribution in [0.4, 0.5) is 4.79 Å². The van der Waals surface area contributed by atoms with Crippen LogP contribution in [0.2, 0.25) is 0 Å². The zero-order chi connectivity index (χ0) is 15.6. The van der Waals surface area contributed by atoms with Crippen molar-refractivity contribution in [2.45, 2.75) is 13.3 Å². The highest BCUT2D eigenvalue weighted by Crippen LogP contribution is 2.29. The average molecular weight is 289 g/mol. The van der Waals surface area contributed by atoms with Crippen molar-refractivity contribution in [3.8, 4) is 5.75 Å². The van der Waals surface area contributed by atoms with Crippen LogP contribution in [-0.4, -0.2) is 30.0 Å². The number of benzene rings is 1. The maximum Gasteiger partial charge on any atom is 0.318 e. The summed E-state index contributed by atoms with van der Waals surface area (Å²) < 4.78 is 6.60.